The average Bonchev–Trinajstić information content (AvgIpc) is 3.27. The van der Waals surface area contributed by atoms with E-state index in [1.54, 1.807) is 6.20 Å². The monoisotopic (exact) mass is 385 g/mol. The van der Waals surface area contributed by atoms with Gasteiger partial charge in [-0.15, -0.1) is 0 Å². The van der Waals surface area contributed by atoms with Gasteiger partial charge < -0.3 is 9.88 Å². The topological polar surface area (TPSA) is 64.7 Å². The van der Waals surface area contributed by atoms with E-state index < -0.39 is 0 Å². The number of aromatic nitrogens is 4. The number of hydrogen-bond acceptors (Lipinski definition) is 3. The molecule has 1 N–H and O–H groups in total. The predicted octanol–water partition coefficient (Wildman–Crippen LogP) is 4.29. The highest BCUT2D eigenvalue weighted by Crippen LogP contribution is 2.16. The summed E-state index contributed by atoms with van der Waals surface area (Å²) in [5.41, 5.74) is 5.51. The molecule has 0 bridgehead atoms. The minimum absolute atomic E-state index is 0.133. The summed E-state index contributed by atoms with van der Waals surface area (Å²) in [5, 5.41) is 7.46. The van der Waals surface area contributed by atoms with Crippen LogP contribution < -0.4 is 5.32 Å². The Bertz CT molecular complexity index is 1150. The Balaban J connectivity index is 1.47. The van der Waals surface area contributed by atoms with Crippen LogP contribution in [0.2, 0.25) is 0 Å². The van der Waals surface area contributed by atoms with Crippen LogP contribution in [0, 0.1) is 20.8 Å². The molecule has 4 aromatic rings. The molecular weight excluding hydrogens is 362 g/mol. The van der Waals surface area contributed by atoms with Gasteiger partial charge in [0.2, 0.25) is 0 Å². The van der Waals surface area contributed by atoms with Crippen molar-refractivity contribution in [1.29, 1.82) is 0 Å². The molecule has 6 heteroatoms. The Kier molecular flexibility index (Phi) is 4.99. The van der Waals surface area contributed by atoms with Gasteiger partial charge in [0.15, 0.2) is 0 Å². The van der Waals surface area contributed by atoms with E-state index in [0.717, 1.165) is 34.2 Å². The Morgan fingerprint density at radius 1 is 1.03 bits per heavy atom. The number of imidazole rings is 1. The zero-order valence-corrected chi connectivity index (χ0v) is 16.8. The second-order valence-electron chi connectivity index (χ2n) is 7.13. The first-order valence-corrected chi connectivity index (χ1v) is 9.51. The van der Waals surface area contributed by atoms with E-state index in [4.69, 9.17) is 0 Å². The van der Waals surface area contributed by atoms with Crippen molar-refractivity contribution in [2.45, 2.75) is 27.3 Å². The summed E-state index contributed by atoms with van der Waals surface area (Å²) in [5.74, 6) is 0.785. The molecule has 0 saturated carbocycles. The van der Waals surface area contributed by atoms with E-state index in [2.05, 4.69) is 15.4 Å². The summed E-state index contributed by atoms with van der Waals surface area (Å²) in [4.78, 5) is 16.9. The molecule has 0 aliphatic carbocycles. The molecule has 1 amide bonds. The molecular formula is C23H23N5O. The van der Waals surface area contributed by atoms with Gasteiger partial charge >= 0.3 is 0 Å². The minimum Gasteiger partial charge on any atom is -0.322 e. The number of nitrogens with zero attached hydrogens (tertiary/aromatic N) is 4. The van der Waals surface area contributed by atoms with E-state index >= 15 is 0 Å². The van der Waals surface area contributed by atoms with E-state index in [1.165, 1.54) is 0 Å². The number of amides is 1. The van der Waals surface area contributed by atoms with Crippen LogP contribution >= 0.6 is 0 Å². The lowest BCUT2D eigenvalue weighted by molar-refractivity contribution is 0.102. The van der Waals surface area contributed by atoms with Gasteiger partial charge in [0.05, 0.1) is 12.2 Å². The molecule has 6 nitrogen and oxygen atoms in total. The zero-order valence-electron chi connectivity index (χ0n) is 16.8. The SMILES string of the molecule is Cc1cc(C)n(Cc2cccc(C(=O)Nc3ccc(-n4ccnc4C)cc3)c2)n1. The number of aryl methyl sites for hydroxylation is 3. The number of rotatable bonds is 5. The van der Waals surface area contributed by atoms with Crippen LogP contribution in [0.1, 0.15) is 33.1 Å². The summed E-state index contributed by atoms with van der Waals surface area (Å²) in [6.45, 7) is 6.60. The van der Waals surface area contributed by atoms with Gasteiger partial charge in [-0.3, -0.25) is 9.48 Å². The highest BCUT2D eigenvalue weighted by molar-refractivity contribution is 6.04. The average molecular weight is 385 g/mol. The Morgan fingerprint density at radius 2 is 1.83 bits per heavy atom. The van der Waals surface area contributed by atoms with Crippen LogP contribution in [0.15, 0.2) is 67.0 Å². The van der Waals surface area contributed by atoms with Gasteiger partial charge in [-0.2, -0.15) is 5.10 Å². The number of benzene rings is 2. The van der Waals surface area contributed by atoms with Crippen molar-refractivity contribution < 1.29 is 4.79 Å². The molecule has 2 aromatic heterocycles. The molecule has 0 radical (unpaired) electrons. The maximum Gasteiger partial charge on any atom is 0.255 e. The Morgan fingerprint density at radius 3 is 2.48 bits per heavy atom. The highest BCUT2D eigenvalue weighted by atomic mass is 16.1. The minimum atomic E-state index is -0.133. The quantitative estimate of drug-likeness (QED) is 0.557. The number of carbonyl (C=O) groups excluding carboxylic acids is 1. The van der Waals surface area contributed by atoms with Crippen molar-refractivity contribution in [3.05, 3.63) is 95.3 Å². The maximum absolute atomic E-state index is 12.7. The van der Waals surface area contributed by atoms with Gasteiger partial charge in [0.25, 0.3) is 5.91 Å². The molecule has 0 spiro atoms. The number of nitrogens with one attached hydrogen (secondary N) is 1. The predicted molar refractivity (Wildman–Crippen MR) is 113 cm³/mol. The van der Waals surface area contributed by atoms with Crippen molar-refractivity contribution >= 4 is 11.6 Å². The second kappa shape index (κ2) is 7.75. The molecule has 2 heterocycles. The smallest absolute Gasteiger partial charge is 0.255 e. The van der Waals surface area contributed by atoms with Crippen LogP contribution in [-0.4, -0.2) is 25.2 Å². The van der Waals surface area contributed by atoms with Gasteiger partial charge in [-0.25, -0.2) is 4.98 Å². The van der Waals surface area contributed by atoms with Crippen LogP contribution in [0.3, 0.4) is 0 Å². The maximum atomic E-state index is 12.7. The van der Waals surface area contributed by atoms with Crippen molar-refractivity contribution in [2.75, 3.05) is 5.32 Å². The third-order valence-electron chi connectivity index (χ3n) is 4.85. The third-order valence-corrected chi connectivity index (χ3v) is 4.85. The van der Waals surface area contributed by atoms with Crippen molar-refractivity contribution in [3.8, 4) is 5.69 Å². The van der Waals surface area contributed by atoms with Crippen LogP contribution in [0.25, 0.3) is 5.69 Å². The molecule has 0 saturated heterocycles. The summed E-state index contributed by atoms with van der Waals surface area (Å²) in [7, 11) is 0. The van der Waals surface area contributed by atoms with E-state index in [1.807, 2.05) is 90.8 Å². The van der Waals surface area contributed by atoms with E-state index in [-0.39, 0.29) is 5.91 Å². The number of hydrogen-bond donors (Lipinski definition) is 1. The molecule has 0 aliphatic rings. The second-order valence-corrected chi connectivity index (χ2v) is 7.13. The molecule has 29 heavy (non-hydrogen) atoms. The fourth-order valence-electron chi connectivity index (χ4n) is 3.38. The fourth-order valence-corrected chi connectivity index (χ4v) is 3.38. The summed E-state index contributed by atoms with van der Waals surface area (Å²) in [6, 6.07) is 17.4. The Labute approximate surface area is 169 Å². The van der Waals surface area contributed by atoms with Crippen molar-refractivity contribution in [2.24, 2.45) is 0 Å². The van der Waals surface area contributed by atoms with Crippen molar-refractivity contribution in [3.63, 3.8) is 0 Å². The summed E-state index contributed by atoms with van der Waals surface area (Å²) >= 11 is 0. The summed E-state index contributed by atoms with van der Waals surface area (Å²) in [6.07, 6.45) is 3.68. The molecule has 0 aliphatic heterocycles. The van der Waals surface area contributed by atoms with Crippen LogP contribution in [0.4, 0.5) is 5.69 Å². The lowest BCUT2D eigenvalue weighted by atomic mass is 10.1. The molecule has 146 valence electrons. The van der Waals surface area contributed by atoms with Gasteiger partial charge in [-0.1, -0.05) is 12.1 Å². The fraction of sp³-hybridized carbons (Fsp3) is 0.174. The third kappa shape index (κ3) is 4.11. The molecule has 2 aromatic carbocycles. The lowest BCUT2D eigenvalue weighted by Crippen LogP contribution is -2.13. The van der Waals surface area contributed by atoms with Gasteiger partial charge in [0.1, 0.15) is 5.82 Å². The standard InChI is InChI=1S/C23H23N5O/c1-16-13-17(2)28(26-16)15-19-5-4-6-20(14-19)23(29)25-21-7-9-22(10-8-21)27-12-11-24-18(27)3/h4-14H,15H2,1-3H3,(H,25,29). The van der Waals surface area contributed by atoms with Crippen molar-refractivity contribution in [1.82, 2.24) is 19.3 Å². The summed E-state index contributed by atoms with van der Waals surface area (Å²) < 4.78 is 3.94. The van der Waals surface area contributed by atoms with Gasteiger partial charge in [-0.05, 0) is 68.8 Å². The highest BCUT2D eigenvalue weighted by Gasteiger charge is 2.09. The first-order chi connectivity index (χ1) is 14.0. The Hall–Kier alpha value is -3.67. The van der Waals surface area contributed by atoms with E-state index in [0.29, 0.717) is 12.1 Å². The van der Waals surface area contributed by atoms with Crippen LogP contribution in [-0.2, 0) is 6.54 Å². The zero-order chi connectivity index (χ0) is 20.4. The van der Waals surface area contributed by atoms with E-state index in [9.17, 15) is 4.79 Å². The molecule has 0 fully saturated rings. The first-order valence-electron chi connectivity index (χ1n) is 9.51. The van der Waals surface area contributed by atoms with Crippen LogP contribution in [0.5, 0.6) is 0 Å². The largest absolute Gasteiger partial charge is 0.322 e. The number of anilines is 1. The lowest BCUT2D eigenvalue weighted by Gasteiger charge is -2.10. The normalized spacial score (nSPS) is 10.9. The molecule has 0 atom stereocenters. The first kappa shape index (κ1) is 18.7. The van der Waals surface area contributed by atoms with Gasteiger partial charge in [0, 0.05) is 35.0 Å². The molecule has 0 unspecified atom stereocenters. The molecule has 4 rings (SSSR count). The number of carbonyl (C=O) groups is 1.